The molecule has 0 saturated carbocycles. The molecule has 3 nitrogen and oxygen atoms in total. The minimum atomic E-state index is 0.160. The molecule has 1 saturated heterocycles. The van der Waals surface area contributed by atoms with Gasteiger partial charge in [-0.3, -0.25) is 0 Å². The molecule has 1 atom stereocenters. The van der Waals surface area contributed by atoms with E-state index in [0.29, 0.717) is 5.92 Å². The third-order valence-corrected chi connectivity index (χ3v) is 3.39. The second-order valence-electron chi connectivity index (χ2n) is 4.39. The fourth-order valence-corrected chi connectivity index (χ4v) is 2.30. The number of benzene rings is 1. The first-order valence-electron chi connectivity index (χ1n) is 5.91. The first kappa shape index (κ1) is 11.4. The van der Waals surface area contributed by atoms with Crippen molar-refractivity contribution in [1.82, 2.24) is 5.32 Å². The summed E-state index contributed by atoms with van der Waals surface area (Å²) < 4.78 is 5.14. The van der Waals surface area contributed by atoms with Gasteiger partial charge in [-0.1, -0.05) is 12.1 Å². The van der Waals surface area contributed by atoms with E-state index in [1.165, 1.54) is 18.4 Å². The van der Waals surface area contributed by atoms with Crippen molar-refractivity contribution in [2.45, 2.75) is 18.9 Å². The Balaban J connectivity index is 2.04. The summed E-state index contributed by atoms with van der Waals surface area (Å²) in [6.45, 7) is 2.18. The molecule has 2 rings (SSSR count). The number of hydrogen-bond acceptors (Lipinski definition) is 3. The topological polar surface area (TPSA) is 47.3 Å². The Labute approximate surface area is 97.0 Å². The molecule has 0 amide bonds. The average molecular weight is 220 g/mol. The molecule has 1 heterocycles. The Morgan fingerprint density at radius 2 is 1.88 bits per heavy atom. The molecule has 0 aromatic heterocycles. The first-order valence-corrected chi connectivity index (χ1v) is 5.91. The molecular weight excluding hydrogens is 200 g/mol. The van der Waals surface area contributed by atoms with Gasteiger partial charge in [-0.05, 0) is 49.5 Å². The largest absolute Gasteiger partial charge is 0.497 e. The maximum absolute atomic E-state index is 6.29. The molecule has 1 fully saturated rings. The smallest absolute Gasteiger partial charge is 0.118 e. The molecule has 0 bridgehead atoms. The number of nitrogens with two attached hydrogens (primary N) is 1. The van der Waals surface area contributed by atoms with E-state index in [1.54, 1.807) is 7.11 Å². The zero-order chi connectivity index (χ0) is 11.4. The number of hydrogen-bond donors (Lipinski definition) is 2. The standard InChI is InChI=1S/C13H20N2O/c1-16-12-4-2-10(3-5-12)13(14)11-6-8-15-9-7-11/h2-5,11,13,15H,6-9,14H2,1H3/t13-/m0/s1. The SMILES string of the molecule is COc1ccc([C@H](N)C2CCNCC2)cc1. The summed E-state index contributed by atoms with van der Waals surface area (Å²) >= 11 is 0. The summed E-state index contributed by atoms with van der Waals surface area (Å²) in [4.78, 5) is 0. The van der Waals surface area contributed by atoms with Crippen molar-refractivity contribution in [3.05, 3.63) is 29.8 Å². The van der Waals surface area contributed by atoms with Crippen LogP contribution in [0, 0.1) is 5.92 Å². The summed E-state index contributed by atoms with van der Waals surface area (Å²) in [5.74, 6) is 1.50. The van der Waals surface area contributed by atoms with E-state index in [0.717, 1.165) is 18.8 Å². The Morgan fingerprint density at radius 3 is 2.44 bits per heavy atom. The summed E-state index contributed by atoms with van der Waals surface area (Å²) in [7, 11) is 1.68. The molecule has 0 unspecified atom stereocenters. The summed E-state index contributed by atoms with van der Waals surface area (Å²) in [6.07, 6.45) is 2.35. The van der Waals surface area contributed by atoms with E-state index in [4.69, 9.17) is 10.5 Å². The van der Waals surface area contributed by atoms with E-state index in [1.807, 2.05) is 12.1 Å². The lowest BCUT2D eigenvalue weighted by Crippen LogP contribution is -2.33. The van der Waals surface area contributed by atoms with Gasteiger partial charge in [-0.25, -0.2) is 0 Å². The summed E-state index contributed by atoms with van der Waals surface area (Å²) in [6, 6.07) is 8.27. The highest BCUT2D eigenvalue weighted by atomic mass is 16.5. The third-order valence-electron chi connectivity index (χ3n) is 3.39. The number of piperidine rings is 1. The maximum atomic E-state index is 6.29. The maximum Gasteiger partial charge on any atom is 0.118 e. The molecular formula is C13H20N2O. The molecule has 0 spiro atoms. The molecule has 16 heavy (non-hydrogen) atoms. The monoisotopic (exact) mass is 220 g/mol. The number of methoxy groups -OCH3 is 1. The van der Waals surface area contributed by atoms with Crippen LogP contribution in [0.4, 0.5) is 0 Å². The van der Waals surface area contributed by atoms with Gasteiger partial charge >= 0.3 is 0 Å². The van der Waals surface area contributed by atoms with Crippen LogP contribution in [0.25, 0.3) is 0 Å². The summed E-state index contributed by atoms with van der Waals surface area (Å²) in [5, 5.41) is 3.36. The lowest BCUT2D eigenvalue weighted by atomic mass is 9.86. The van der Waals surface area contributed by atoms with Crippen LogP contribution in [-0.2, 0) is 0 Å². The van der Waals surface area contributed by atoms with Crippen LogP contribution in [-0.4, -0.2) is 20.2 Å². The quantitative estimate of drug-likeness (QED) is 0.815. The van der Waals surface area contributed by atoms with E-state index < -0.39 is 0 Å². The minimum Gasteiger partial charge on any atom is -0.497 e. The van der Waals surface area contributed by atoms with Crippen molar-refractivity contribution in [3.63, 3.8) is 0 Å². The van der Waals surface area contributed by atoms with Crippen LogP contribution in [0.5, 0.6) is 5.75 Å². The van der Waals surface area contributed by atoms with Gasteiger partial charge in [0.1, 0.15) is 5.75 Å². The van der Waals surface area contributed by atoms with Crippen LogP contribution in [0.1, 0.15) is 24.4 Å². The molecule has 1 aliphatic heterocycles. The first-order chi connectivity index (χ1) is 7.81. The molecule has 0 aliphatic carbocycles. The van der Waals surface area contributed by atoms with Gasteiger partial charge in [-0.15, -0.1) is 0 Å². The van der Waals surface area contributed by atoms with Crippen LogP contribution < -0.4 is 15.8 Å². The second-order valence-corrected chi connectivity index (χ2v) is 4.39. The van der Waals surface area contributed by atoms with Gasteiger partial charge in [0, 0.05) is 6.04 Å². The zero-order valence-corrected chi connectivity index (χ0v) is 9.78. The molecule has 88 valence electrons. The van der Waals surface area contributed by atoms with E-state index in [2.05, 4.69) is 17.4 Å². The second kappa shape index (κ2) is 5.32. The number of ether oxygens (including phenoxy) is 1. The average Bonchev–Trinajstić information content (AvgIpc) is 2.39. The van der Waals surface area contributed by atoms with Crippen molar-refractivity contribution in [1.29, 1.82) is 0 Å². The van der Waals surface area contributed by atoms with E-state index >= 15 is 0 Å². The predicted molar refractivity (Wildman–Crippen MR) is 65.5 cm³/mol. The van der Waals surface area contributed by atoms with Crippen molar-refractivity contribution >= 4 is 0 Å². The lowest BCUT2D eigenvalue weighted by molar-refractivity contribution is 0.322. The Kier molecular flexibility index (Phi) is 3.80. The Morgan fingerprint density at radius 1 is 1.25 bits per heavy atom. The lowest BCUT2D eigenvalue weighted by Gasteiger charge is -2.28. The highest BCUT2D eigenvalue weighted by molar-refractivity contribution is 5.29. The van der Waals surface area contributed by atoms with Crippen molar-refractivity contribution in [2.24, 2.45) is 11.7 Å². The van der Waals surface area contributed by atoms with Crippen molar-refractivity contribution < 1.29 is 4.74 Å². The Bertz CT molecular complexity index is 317. The molecule has 3 N–H and O–H groups in total. The number of nitrogens with one attached hydrogen (secondary N) is 1. The normalized spacial score (nSPS) is 19.4. The highest BCUT2D eigenvalue weighted by Gasteiger charge is 2.21. The van der Waals surface area contributed by atoms with Crippen molar-refractivity contribution in [3.8, 4) is 5.75 Å². The van der Waals surface area contributed by atoms with E-state index in [-0.39, 0.29) is 6.04 Å². The van der Waals surface area contributed by atoms with Crippen molar-refractivity contribution in [2.75, 3.05) is 20.2 Å². The van der Waals surface area contributed by atoms with Gasteiger partial charge in [0.2, 0.25) is 0 Å². The van der Waals surface area contributed by atoms with Gasteiger partial charge in [-0.2, -0.15) is 0 Å². The third kappa shape index (κ3) is 2.54. The minimum absolute atomic E-state index is 0.160. The van der Waals surface area contributed by atoms with Crippen LogP contribution in [0.15, 0.2) is 24.3 Å². The number of rotatable bonds is 3. The molecule has 0 radical (unpaired) electrons. The van der Waals surface area contributed by atoms with Gasteiger partial charge in [0.15, 0.2) is 0 Å². The fraction of sp³-hybridized carbons (Fsp3) is 0.538. The molecule has 3 heteroatoms. The van der Waals surface area contributed by atoms with Crippen LogP contribution in [0.3, 0.4) is 0 Å². The zero-order valence-electron chi connectivity index (χ0n) is 9.78. The Hall–Kier alpha value is -1.06. The van der Waals surface area contributed by atoms with Gasteiger partial charge in [0.25, 0.3) is 0 Å². The van der Waals surface area contributed by atoms with Crippen LogP contribution in [0.2, 0.25) is 0 Å². The van der Waals surface area contributed by atoms with Crippen LogP contribution >= 0.6 is 0 Å². The van der Waals surface area contributed by atoms with Gasteiger partial charge in [0.05, 0.1) is 7.11 Å². The van der Waals surface area contributed by atoms with Gasteiger partial charge < -0.3 is 15.8 Å². The molecule has 1 aromatic rings. The highest BCUT2D eigenvalue weighted by Crippen LogP contribution is 2.27. The van der Waals surface area contributed by atoms with E-state index in [9.17, 15) is 0 Å². The molecule has 1 aromatic carbocycles. The fourth-order valence-electron chi connectivity index (χ4n) is 2.30. The predicted octanol–water partition coefficient (Wildman–Crippen LogP) is 1.69. The summed E-state index contributed by atoms with van der Waals surface area (Å²) in [5.41, 5.74) is 7.51. The molecule has 1 aliphatic rings.